The predicted octanol–water partition coefficient (Wildman–Crippen LogP) is 4.11. The summed E-state index contributed by atoms with van der Waals surface area (Å²) in [6.07, 6.45) is 3.92. The lowest BCUT2D eigenvalue weighted by Gasteiger charge is -2.15. The first kappa shape index (κ1) is 15.6. The highest BCUT2D eigenvalue weighted by Gasteiger charge is 2.17. The highest BCUT2D eigenvalue weighted by Crippen LogP contribution is 2.26. The molecule has 23 heavy (non-hydrogen) atoms. The van der Waals surface area contributed by atoms with Gasteiger partial charge in [0.25, 0.3) is 0 Å². The number of nitrogens with one attached hydrogen (secondary N) is 1. The van der Waals surface area contributed by atoms with E-state index in [-0.39, 0.29) is 18.0 Å². The summed E-state index contributed by atoms with van der Waals surface area (Å²) in [6.45, 7) is 3.86. The summed E-state index contributed by atoms with van der Waals surface area (Å²) in [6, 6.07) is 9.00. The molecular weight excluding hydrogens is 314 g/mol. The summed E-state index contributed by atoms with van der Waals surface area (Å²) in [5, 5.41) is 8.70. The fourth-order valence-electron chi connectivity index (χ4n) is 2.52. The molecule has 0 fully saturated rings. The Labute approximate surface area is 139 Å². The molecule has 0 aliphatic rings. The van der Waals surface area contributed by atoms with Crippen LogP contribution in [0.4, 0.5) is 0 Å². The van der Waals surface area contributed by atoms with Gasteiger partial charge in [-0.25, -0.2) is 0 Å². The number of aromatic nitrogens is 2. The second-order valence-corrected chi connectivity index (χ2v) is 6.10. The molecule has 3 aromatic rings. The summed E-state index contributed by atoms with van der Waals surface area (Å²) in [5.41, 5.74) is 0.760. The lowest BCUT2D eigenvalue weighted by atomic mass is 10.2. The number of amides is 1. The van der Waals surface area contributed by atoms with Gasteiger partial charge in [-0.3, -0.25) is 9.48 Å². The van der Waals surface area contributed by atoms with Gasteiger partial charge in [0.1, 0.15) is 11.3 Å². The topological polar surface area (TPSA) is 60.1 Å². The van der Waals surface area contributed by atoms with Crippen molar-refractivity contribution in [2.24, 2.45) is 0 Å². The molecule has 2 heterocycles. The molecule has 0 unspecified atom stereocenters. The Morgan fingerprint density at radius 2 is 2.22 bits per heavy atom. The molecule has 6 heteroatoms. The van der Waals surface area contributed by atoms with E-state index in [0.717, 1.165) is 11.0 Å². The molecule has 2 atom stereocenters. The zero-order chi connectivity index (χ0) is 16.4. The van der Waals surface area contributed by atoms with E-state index in [0.29, 0.717) is 17.2 Å². The monoisotopic (exact) mass is 331 g/mol. The molecule has 0 saturated heterocycles. The second-order valence-electron chi connectivity index (χ2n) is 5.66. The van der Waals surface area contributed by atoms with Crippen LogP contribution >= 0.6 is 11.6 Å². The van der Waals surface area contributed by atoms with Crippen molar-refractivity contribution in [3.63, 3.8) is 0 Å². The highest BCUT2D eigenvalue weighted by molar-refractivity contribution is 6.31. The normalized spacial score (nSPS) is 13.9. The summed E-state index contributed by atoms with van der Waals surface area (Å²) in [4.78, 5) is 12.2. The first-order valence-electron chi connectivity index (χ1n) is 7.50. The number of hydrogen-bond acceptors (Lipinski definition) is 3. The number of nitrogens with zero attached hydrogens (tertiary/aromatic N) is 2. The van der Waals surface area contributed by atoms with Crippen LogP contribution in [0.2, 0.25) is 5.02 Å². The first-order valence-corrected chi connectivity index (χ1v) is 7.88. The van der Waals surface area contributed by atoms with Crippen LogP contribution in [0.5, 0.6) is 0 Å². The van der Waals surface area contributed by atoms with E-state index in [1.807, 2.05) is 44.3 Å². The van der Waals surface area contributed by atoms with Crippen LogP contribution in [0.25, 0.3) is 11.0 Å². The Morgan fingerprint density at radius 3 is 2.96 bits per heavy atom. The number of furan rings is 1. The van der Waals surface area contributed by atoms with Crippen molar-refractivity contribution in [3.8, 4) is 0 Å². The molecule has 2 aromatic heterocycles. The predicted molar refractivity (Wildman–Crippen MR) is 89.3 cm³/mol. The summed E-state index contributed by atoms with van der Waals surface area (Å²) >= 11 is 5.98. The number of benzene rings is 1. The van der Waals surface area contributed by atoms with E-state index in [4.69, 9.17) is 16.0 Å². The maximum atomic E-state index is 12.2. The van der Waals surface area contributed by atoms with Crippen molar-refractivity contribution in [2.75, 3.05) is 0 Å². The number of carbonyl (C=O) groups is 1. The van der Waals surface area contributed by atoms with Crippen LogP contribution in [0.15, 0.2) is 47.1 Å². The average Bonchev–Trinajstić information content (AvgIpc) is 3.15. The molecule has 1 aromatic carbocycles. The van der Waals surface area contributed by atoms with E-state index in [1.54, 1.807) is 16.9 Å². The highest BCUT2D eigenvalue weighted by atomic mass is 35.5. The van der Waals surface area contributed by atoms with Crippen molar-refractivity contribution in [3.05, 3.63) is 53.5 Å². The zero-order valence-electron chi connectivity index (χ0n) is 13.0. The molecule has 0 spiro atoms. The minimum atomic E-state index is -0.210. The number of rotatable bonds is 5. The second kappa shape index (κ2) is 6.46. The van der Waals surface area contributed by atoms with Crippen molar-refractivity contribution < 1.29 is 9.21 Å². The fraction of sp³-hybridized carbons (Fsp3) is 0.294. The molecule has 0 bridgehead atoms. The Kier molecular flexibility index (Phi) is 4.39. The van der Waals surface area contributed by atoms with E-state index in [2.05, 4.69) is 10.4 Å². The Hall–Kier alpha value is -2.27. The van der Waals surface area contributed by atoms with Gasteiger partial charge in [-0.1, -0.05) is 11.6 Å². The lowest BCUT2D eigenvalue weighted by Crippen LogP contribution is -2.28. The van der Waals surface area contributed by atoms with Crippen LogP contribution < -0.4 is 5.32 Å². The third-order valence-electron chi connectivity index (χ3n) is 3.76. The van der Waals surface area contributed by atoms with Crippen LogP contribution in [0.3, 0.4) is 0 Å². The van der Waals surface area contributed by atoms with Crippen molar-refractivity contribution in [1.82, 2.24) is 15.1 Å². The molecule has 5 nitrogen and oxygen atoms in total. The molecule has 3 rings (SSSR count). The van der Waals surface area contributed by atoms with Crippen molar-refractivity contribution >= 4 is 28.5 Å². The van der Waals surface area contributed by atoms with Gasteiger partial charge in [0.05, 0.1) is 12.1 Å². The van der Waals surface area contributed by atoms with Crippen LogP contribution in [0, 0.1) is 0 Å². The molecule has 0 radical (unpaired) electrons. The molecular formula is C17H18ClN3O2. The third-order valence-corrected chi connectivity index (χ3v) is 3.99. The van der Waals surface area contributed by atoms with Crippen molar-refractivity contribution in [2.45, 2.75) is 32.4 Å². The van der Waals surface area contributed by atoms with Crippen LogP contribution in [0.1, 0.15) is 38.1 Å². The number of fused-ring (bicyclic) bond motifs is 1. The minimum Gasteiger partial charge on any atom is -0.459 e. The number of halogens is 1. The Bertz CT molecular complexity index is 810. The lowest BCUT2D eigenvalue weighted by molar-refractivity contribution is -0.122. The fourth-order valence-corrected chi connectivity index (χ4v) is 2.70. The molecule has 0 saturated carbocycles. The molecule has 0 aliphatic heterocycles. The largest absolute Gasteiger partial charge is 0.459 e. The standard InChI is InChI=1S/C17H18ClN3O2/c1-11(21-7-3-6-19-21)8-17(22)20-12(2)16-10-13-9-14(18)4-5-15(13)23-16/h3-7,9-12H,8H2,1-2H3,(H,20,22)/t11-,12-/m1/s1. The smallest absolute Gasteiger partial charge is 0.222 e. The van der Waals surface area contributed by atoms with E-state index in [1.165, 1.54) is 0 Å². The number of carbonyl (C=O) groups excluding carboxylic acids is 1. The first-order chi connectivity index (χ1) is 11.0. The van der Waals surface area contributed by atoms with Gasteiger partial charge in [0.15, 0.2) is 0 Å². The van der Waals surface area contributed by atoms with Gasteiger partial charge >= 0.3 is 0 Å². The average molecular weight is 332 g/mol. The van der Waals surface area contributed by atoms with Gasteiger partial charge in [-0.2, -0.15) is 5.10 Å². The van der Waals surface area contributed by atoms with Gasteiger partial charge in [-0.05, 0) is 44.2 Å². The summed E-state index contributed by atoms with van der Waals surface area (Å²) in [5.74, 6) is 0.668. The third kappa shape index (κ3) is 3.56. The summed E-state index contributed by atoms with van der Waals surface area (Å²) in [7, 11) is 0. The SMILES string of the molecule is C[C@H](CC(=O)N[C@H](C)c1cc2cc(Cl)ccc2o1)n1cccn1. The molecule has 1 amide bonds. The maximum absolute atomic E-state index is 12.2. The van der Waals surface area contributed by atoms with Crippen molar-refractivity contribution in [1.29, 1.82) is 0 Å². The van der Waals surface area contributed by atoms with Gasteiger partial charge in [0, 0.05) is 29.2 Å². The Balaban J connectivity index is 1.65. The Morgan fingerprint density at radius 1 is 1.39 bits per heavy atom. The van der Waals surface area contributed by atoms with Crippen LogP contribution in [-0.4, -0.2) is 15.7 Å². The van der Waals surface area contributed by atoms with Gasteiger partial charge in [0.2, 0.25) is 5.91 Å². The van der Waals surface area contributed by atoms with E-state index in [9.17, 15) is 4.79 Å². The van der Waals surface area contributed by atoms with E-state index < -0.39 is 0 Å². The van der Waals surface area contributed by atoms with Crippen LogP contribution in [-0.2, 0) is 4.79 Å². The summed E-state index contributed by atoms with van der Waals surface area (Å²) < 4.78 is 7.54. The molecule has 120 valence electrons. The van der Waals surface area contributed by atoms with Gasteiger partial charge < -0.3 is 9.73 Å². The maximum Gasteiger partial charge on any atom is 0.222 e. The van der Waals surface area contributed by atoms with E-state index >= 15 is 0 Å². The number of hydrogen-bond donors (Lipinski definition) is 1. The van der Waals surface area contributed by atoms with Gasteiger partial charge in [-0.15, -0.1) is 0 Å². The molecule has 1 N–H and O–H groups in total. The minimum absolute atomic E-state index is 0.00619. The molecule has 0 aliphatic carbocycles. The quantitative estimate of drug-likeness (QED) is 0.765. The zero-order valence-corrected chi connectivity index (χ0v) is 13.7.